The summed E-state index contributed by atoms with van der Waals surface area (Å²) in [5, 5.41) is 10.7. The van der Waals surface area contributed by atoms with Crippen LogP contribution in [0.3, 0.4) is 0 Å². The molecule has 17 heavy (non-hydrogen) atoms. The van der Waals surface area contributed by atoms with Gasteiger partial charge in [-0.05, 0) is 36.7 Å². The van der Waals surface area contributed by atoms with Gasteiger partial charge in [-0.3, -0.25) is 4.90 Å². The molecule has 0 aromatic heterocycles. The fourth-order valence-electron chi connectivity index (χ4n) is 2.24. The molecule has 2 nitrogen and oxygen atoms in total. The number of β-amino-alcohol motifs (C(OH)–C–C–N with tert-alkyl or cyclic N) is 1. The number of likely N-dealkylation sites (tertiary alicyclic amines) is 1. The molecule has 1 aromatic carbocycles. The second-order valence-corrected chi connectivity index (χ2v) is 5.19. The van der Waals surface area contributed by atoms with Crippen LogP contribution < -0.4 is 0 Å². The summed E-state index contributed by atoms with van der Waals surface area (Å²) in [4.78, 5) is 2.17. The van der Waals surface area contributed by atoms with Gasteiger partial charge in [-0.25, -0.2) is 4.39 Å². The first-order chi connectivity index (χ1) is 8.03. The predicted molar refractivity (Wildman–Crippen MR) is 66.7 cm³/mol. The maximum atomic E-state index is 13.2. The predicted octanol–water partition coefficient (Wildman–Crippen LogP) is 2.78. The summed E-state index contributed by atoms with van der Waals surface area (Å²) in [5.41, 5.74) is -0.352. The number of halogens is 2. The zero-order chi connectivity index (χ0) is 12.5. The van der Waals surface area contributed by atoms with Gasteiger partial charge in [0.2, 0.25) is 0 Å². The standard InChI is InChI=1S/C13H17ClFNO/c1-2-3-4-16-8-13(17,9-16)10-5-11(14)7-12(15)6-10/h5-7,17H,2-4,8-9H2,1H3. The Kier molecular flexibility index (Phi) is 3.71. The molecule has 94 valence electrons. The number of aliphatic hydroxyl groups is 1. The Morgan fingerprint density at radius 3 is 2.71 bits per heavy atom. The summed E-state index contributed by atoms with van der Waals surface area (Å²) >= 11 is 5.79. The molecule has 0 radical (unpaired) electrons. The maximum absolute atomic E-state index is 13.2. The van der Waals surface area contributed by atoms with Gasteiger partial charge in [0.05, 0.1) is 0 Å². The molecular weight excluding hydrogens is 241 g/mol. The van der Waals surface area contributed by atoms with E-state index in [1.54, 1.807) is 6.07 Å². The van der Waals surface area contributed by atoms with Crippen molar-refractivity contribution in [1.82, 2.24) is 4.90 Å². The van der Waals surface area contributed by atoms with Gasteiger partial charge in [0.25, 0.3) is 0 Å². The topological polar surface area (TPSA) is 23.5 Å². The normalized spacial score (nSPS) is 19.1. The van der Waals surface area contributed by atoms with E-state index in [4.69, 9.17) is 11.6 Å². The lowest BCUT2D eigenvalue weighted by Gasteiger charge is -2.47. The Hall–Kier alpha value is -0.640. The summed E-state index contributed by atoms with van der Waals surface area (Å²) < 4.78 is 13.2. The van der Waals surface area contributed by atoms with Gasteiger partial charge < -0.3 is 5.11 Å². The van der Waals surface area contributed by atoms with Crippen LogP contribution in [0.4, 0.5) is 4.39 Å². The van der Waals surface area contributed by atoms with Crippen molar-refractivity contribution in [1.29, 1.82) is 0 Å². The van der Waals surface area contributed by atoms with Gasteiger partial charge in [-0.15, -0.1) is 0 Å². The first kappa shape index (κ1) is 12.8. The summed E-state index contributed by atoms with van der Waals surface area (Å²) in [7, 11) is 0. The number of benzene rings is 1. The van der Waals surface area contributed by atoms with Gasteiger partial charge >= 0.3 is 0 Å². The summed E-state index contributed by atoms with van der Waals surface area (Å²) in [6, 6.07) is 4.26. The van der Waals surface area contributed by atoms with Crippen molar-refractivity contribution in [2.24, 2.45) is 0 Å². The van der Waals surface area contributed by atoms with E-state index in [0.29, 0.717) is 23.7 Å². The van der Waals surface area contributed by atoms with Crippen molar-refractivity contribution in [3.8, 4) is 0 Å². The Morgan fingerprint density at radius 1 is 1.41 bits per heavy atom. The van der Waals surface area contributed by atoms with Crippen LogP contribution in [-0.4, -0.2) is 29.6 Å². The zero-order valence-electron chi connectivity index (χ0n) is 9.92. The van der Waals surface area contributed by atoms with E-state index in [1.165, 1.54) is 12.1 Å². The van der Waals surface area contributed by atoms with Crippen LogP contribution in [0.2, 0.25) is 5.02 Å². The van der Waals surface area contributed by atoms with E-state index in [1.807, 2.05) is 0 Å². The molecule has 0 bridgehead atoms. The van der Waals surface area contributed by atoms with Gasteiger partial charge in [-0.1, -0.05) is 24.9 Å². The fourth-order valence-corrected chi connectivity index (χ4v) is 2.46. The molecule has 1 aliphatic heterocycles. The highest BCUT2D eigenvalue weighted by molar-refractivity contribution is 6.30. The number of hydrogen-bond acceptors (Lipinski definition) is 2. The van der Waals surface area contributed by atoms with E-state index in [0.717, 1.165) is 19.4 Å². The van der Waals surface area contributed by atoms with Crippen molar-refractivity contribution in [3.63, 3.8) is 0 Å². The molecule has 4 heteroatoms. The highest BCUT2D eigenvalue weighted by Crippen LogP contribution is 2.33. The minimum atomic E-state index is -0.931. The monoisotopic (exact) mass is 257 g/mol. The molecule has 0 saturated carbocycles. The molecule has 0 spiro atoms. The van der Waals surface area contributed by atoms with Crippen molar-refractivity contribution in [3.05, 3.63) is 34.6 Å². The third kappa shape index (κ3) is 2.79. The first-order valence-corrected chi connectivity index (χ1v) is 6.32. The first-order valence-electron chi connectivity index (χ1n) is 5.95. The Labute approximate surface area is 106 Å². The van der Waals surface area contributed by atoms with Crippen molar-refractivity contribution in [2.75, 3.05) is 19.6 Å². The zero-order valence-corrected chi connectivity index (χ0v) is 10.7. The lowest BCUT2D eigenvalue weighted by Crippen LogP contribution is -2.59. The number of nitrogens with zero attached hydrogens (tertiary/aromatic N) is 1. The molecular formula is C13H17ClFNO. The van der Waals surface area contributed by atoms with Gasteiger partial charge in [0.15, 0.2) is 0 Å². The maximum Gasteiger partial charge on any atom is 0.125 e. The average molecular weight is 258 g/mol. The molecule has 0 atom stereocenters. The molecule has 1 heterocycles. The Balaban J connectivity index is 2.03. The van der Waals surface area contributed by atoms with Crippen LogP contribution in [0.1, 0.15) is 25.3 Å². The van der Waals surface area contributed by atoms with E-state index < -0.39 is 11.4 Å². The van der Waals surface area contributed by atoms with Gasteiger partial charge in [-0.2, -0.15) is 0 Å². The van der Waals surface area contributed by atoms with Crippen molar-refractivity contribution < 1.29 is 9.50 Å². The molecule has 0 aliphatic carbocycles. The SMILES string of the molecule is CCCCN1CC(O)(c2cc(F)cc(Cl)c2)C1. The summed E-state index contributed by atoms with van der Waals surface area (Å²) in [5.74, 6) is -0.395. The average Bonchev–Trinajstić information content (AvgIpc) is 2.21. The van der Waals surface area contributed by atoms with E-state index in [2.05, 4.69) is 11.8 Å². The van der Waals surface area contributed by atoms with E-state index in [9.17, 15) is 9.50 Å². The molecule has 2 rings (SSSR count). The third-order valence-electron chi connectivity index (χ3n) is 3.20. The number of hydrogen-bond donors (Lipinski definition) is 1. The highest BCUT2D eigenvalue weighted by atomic mass is 35.5. The van der Waals surface area contributed by atoms with Crippen LogP contribution in [-0.2, 0) is 5.60 Å². The van der Waals surface area contributed by atoms with Gasteiger partial charge in [0, 0.05) is 18.1 Å². The molecule has 1 saturated heterocycles. The molecule has 1 aliphatic rings. The molecule has 1 N–H and O–H groups in total. The number of unbranched alkanes of at least 4 members (excludes halogenated alkanes) is 1. The lowest BCUT2D eigenvalue weighted by atomic mass is 9.86. The number of rotatable bonds is 4. The van der Waals surface area contributed by atoms with Crippen LogP contribution in [0.5, 0.6) is 0 Å². The van der Waals surface area contributed by atoms with Crippen LogP contribution >= 0.6 is 11.6 Å². The lowest BCUT2D eigenvalue weighted by molar-refractivity contribution is -0.104. The van der Waals surface area contributed by atoms with Crippen molar-refractivity contribution in [2.45, 2.75) is 25.4 Å². The van der Waals surface area contributed by atoms with Gasteiger partial charge in [0.1, 0.15) is 11.4 Å². The Morgan fingerprint density at radius 2 is 2.12 bits per heavy atom. The third-order valence-corrected chi connectivity index (χ3v) is 3.42. The smallest absolute Gasteiger partial charge is 0.125 e. The fraction of sp³-hybridized carbons (Fsp3) is 0.538. The summed E-state index contributed by atoms with van der Waals surface area (Å²) in [6.45, 7) is 4.25. The van der Waals surface area contributed by atoms with Crippen LogP contribution in [0.15, 0.2) is 18.2 Å². The van der Waals surface area contributed by atoms with Crippen molar-refractivity contribution >= 4 is 11.6 Å². The molecule has 0 amide bonds. The minimum absolute atomic E-state index is 0.334. The highest BCUT2D eigenvalue weighted by Gasteiger charge is 2.42. The second-order valence-electron chi connectivity index (χ2n) is 4.75. The van der Waals surface area contributed by atoms with Crippen LogP contribution in [0, 0.1) is 5.82 Å². The van der Waals surface area contributed by atoms with E-state index in [-0.39, 0.29) is 0 Å². The molecule has 0 unspecified atom stereocenters. The molecule has 1 aromatic rings. The summed E-state index contributed by atoms with van der Waals surface area (Å²) in [6.07, 6.45) is 2.26. The van der Waals surface area contributed by atoms with Crippen LogP contribution in [0.25, 0.3) is 0 Å². The molecule has 1 fully saturated rings. The second kappa shape index (κ2) is 4.92. The Bertz CT molecular complexity index is 384. The minimum Gasteiger partial charge on any atom is -0.382 e. The quantitative estimate of drug-likeness (QED) is 0.897. The largest absolute Gasteiger partial charge is 0.382 e. The van der Waals surface area contributed by atoms with E-state index >= 15 is 0 Å².